The molecule has 0 saturated heterocycles. The molecule has 0 radical (unpaired) electrons. The van der Waals surface area contributed by atoms with Gasteiger partial charge >= 0.3 is 0 Å². The fourth-order valence-corrected chi connectivity index (χ4v) is 13.0. The minimum absolute atomic E-state index is 0.0690. The highest BCUT2D eigenvalue weighted by molar-refractivity contribution is 9.10. The zero-order valence-corrected chi connectivity index (χ0v) is 51.1. The number of hydrogen-bond acceptors (Lipinski definition) is 2. The molecule has 3 aromatic carbocycles. The van der Waals surface area contributed by atoms with Gasteiger partial charge in [0.05, 0.1) is 22.1 Å². The summed E-state index contributed by atoms with van der Waals surface area (Å²) in [7, 11) is 0. The molecule has 0 aliphatic carbocycles. The van der Waals surface area contributed by atoms with Crippen molar-refractivity contribution in [2.45, 2.75) is 298 Å². The Balaban J connectivity index is 1.48. The van der Waals surface area contributed by atoms with Crippen LogP contribution in [0, 0.1) is 11.8 Å². The van der Waals surface area contributed by atoms with Crippen LogP contribution in [0.4, 0.5) is 0 Å². The van der Waals surface area contributed by atoms with Crippen LogP contribution in [0.2, 0.25) is 0 Å². The van der Waals surface area contributed by atoms with Gasteiger partial charge in [0, 0.05) is 43.6 Å². The summed E-state index contributed by atoms with van der Waals surface area (Å²) < 4.78 is 6.79. The summed E-state index contributed by atoms with van der Waals surface area (Å²) in [5.74, 6) is 1.01. The SMILES string of the molecule is CCCCCCCCCCCCC(CCCCCCCCCC)Cn1c2ccc(Br)cc2c(=O)c2cc3c(cc21)c(=O)c1cc(Br)ccc1n3CC(CCCCCCCCCC)CCCCCCCCCCCC. The van der Waals surface area contributed by atoms with Gasteiger partial charge in [0.1, 0.15) is 0 Å². The van der Waals surface area contributed by atoms with Gasteiger partial charge in [-0.1, -0.05) is 291 Å². The summed E-state index contributed by atoms with van der Waals surface area (Å²) in [6, 6.07) is 16.9. The molecule has 0 spiro atoms. The van der Waals surface area contributed by atoms with E-state index in [1.54, 1.807) is 0 Å². The lowest BCUT2D eigenvalue weighted by molar-refractivity contribution is 0.363. The average Bonchev–Trinajstić information content (AvgIpc) is 3.40. The zero-order valence-electron chi connectivity index (χ0n) is 47.9. The van der Waals surface area contributed by atoms with Crippen LogP contribution in [-0.2, 0) is 13.1 Å². The van der Waals surface area contributed by atoms with Crippen molar-refractivity contribution in [3.05, 3.63) is 77.9 Å². The lowest BCUT2D eigenvalue weighted by Gasteiger charge is -2.25. The first-order chi connectivity index (χ1) is 36.3. The second-order valence-electron chi connectivity index (χ2n) is 23.3. The minimum atomic E-state index is 0.0690. The van der Waals surface area contributed by atoms with E-state index in [-0.39, 0.29) is 10.9 Å². The summed E-state index contributed by atoms with van der Waals surface area (Å²) in [6.07, 6.45) is 53.0. The molecule has 0 aliphatic rings. The Morgan fingerprint density at radius 1 is 0.311 bits per heavy atom. The lowest BCUT2D eigenvalue weighted by atomic mass is 9.92. The third kappa shape index (κ3) is 21.4. The molecule has 6 heteroatoms. The highest BCUT2D eigenvalue weighted by Crippen LogP contribution is 2.33. The van der Waals surface area contributed by atoms with Crippen LogP contribution in [0.5, 0.6) is 0 Å². The fraction of sp³-hybridized carbons (Fsp3) is 0.706. The van der Waals surface area contributed by atoms with Gasteiger partial charge in [-0.05, 0) is 86.1 Å². The van der Waals surface area contributed by atoms with Crippen molar-refractivity contribution < 1.29 is 0 Å². The molecule has 5 aromatic rings. The Bertz CT molecular complexity index is 2260. The molecule has 0 bridgehead atoms. The first kappa shape index (κ1) is 62.4. The first-order valence-electron chi connectivity index (χ1n) is 31.7. The van der Waals surface area contributed by atoms with E-state index in [2.05, 4.69) is 105 Å². The van der Waals surface area contributed by atoms with E-state index in [1.807, 2.05) is 12.1 Å². The van der Waals surface area contributed by atoms with Crippen molar-refractivity contribution in [3.63, 3.8) is 0 Å². The lowest BCUT2D eigenvalue weighted by Crippen LogP contribution is -2.20. The number of hydrogen-bond donors (Lipinski definition) is 0. The number of aromatic nitrogens is 2. The second kappa shape index (κ2) is 37.4. The summed E-state index contributed by atoms with van der Waals surface area (Å²) in [4.78, 5) is 30.1. The Morgan fingerprint density at radius 2 is 0.541 bits per heavy atom. The van der Waals surface area contributed by atoms with E-state index in [0.29, 0.717) is 11.8 Å². The van der Waals surface area contributed by atoms with Gasteiger partial charge in [-0.25, -0.2) is 0 Å². The van der Waals surface area contributed by atoms with E-state index in [1.165, 1.54) is 257 Å². The van der Waals surface area contributed by atoms with Gasteiger partial charge in [0.15, 0.2) is 10.9 Å². The molecule has 0 amide bonds. The maximum Gasteiger partial charge on any atom is 0.197 e. The molecule has 4 nitrogen and oxygen atoms in total. The number of fused-ring (bicyclic) bond motifs is 4. The van der Waals surface area contributed by atoms with Crippen LogP contribution in [0.1, 0.15) is 285 Å². The summed E-state index contributed by atoms with van der Waals surface area (Å²) in [5, 5.41) is 3.02. The highest BCUT2D eigenvalue weighted by Gasteiger charge is 2.21. The van der Waals surface area contributed by atoms with Gasteiger partial charge < -0.3 is 9.13 Å². The molecule has 2 heterocycles. The molecule has 414 valence electrons. The predicted molar refractivity (Wildman–Crippen MR) is 335 cm³/mol. The topological polar surface area (TPSA) is 44.0 Å². The number of halogens is 2. The summed E-state index contributed by atoms with van der Waals surface area (Å²) >= 11 is 7.53. The summed E-state index contributed by atoms with van der Waals surface area (Å²) in [6.45, 7) is 10.9. The van der Waals surface area contributed by atoms with Crippen molar-refractivity contribution in [1.29, 1.82) is 0 Å². The average molecular weight is 1140 g/mol. The Labute approximate surface area is 469 Å². The third-order valence-electron chi connectivity index (χ3n) is 16.9. The van der Waals surface area contributed by atoms with Gasteiger partial charge in [0.25, 0.3) is 0 Å². The normalized spacial score (nSPS) is 12.8. The van der Waals surface area contributed by atoms with E-state index in [9.17, 15) is 0 Å². The van der Waals surface area contributed by atoms with Crippen LogP contribution in [-0.4, -0.2) is 9.13 Å². The maximum atomic E-state index is 15.0. The Morgan fingerprint density at radius 3 is 0.797 bits per heavy atom. The highest BCUT2D eigenvalue weighted by atomic mass is 79.9. The quantitative estimate of drug-likeness (QED) is 0.0288. The van der Waals surface area contributed by atoms with Crippen molar-refractivity contribution in [3.8, 4) is 0 Å². The van der Waals surface area contributed by atoms with Gasteiger partial charge in [-0.2, -0.15) is 0 Å². The smallest absolute Gasteiger partial charge is 0.197 e. The maximum absolute atomic E-state index is 15.0. The molecule has 0 N–H and O–H groups in total. The van der Waals surface area contributed by atoms with Gasteiger partial charge in [0.2, 0.25) is 0 Å². The summed E-state index contributed by atoms with van der Waals surface area (Å²) in [5.41, 5.74) is 3.94. The molecule has 2 unspecified atom stereocenters. The van der Waals surface area contributed by atoms with Crippen molar-refractivity contribution in [2.75, 3.05) is 0 Å². The zero-order chi connectivity index (χ0) is 52.6. The minimum Gasteiger partial charge on any atom is -0.340 e. The van der Waals surface area contributed by atoms with Crippen LogP contribution in [0.25, 0.3) is 43.6 Å². The molecule has 0 fully saturated rings. The number of nitrogens with zero attached hydrogens (tertiary/aromatic N) is 2. The molecule has 74 heavy (non-hydrogen) atoms. The number of rotatable bonds is 44. The Hall–Kier alpha value is -2.44. The number of benzene rings is 3. The second-order valence-corrected chi connectivity index (χ2v) is 25.1. The predicted octanol–water partition coefficient (Wildman–Crippen LogP) is 23.1. The van der Waals surface area contributed by atoms with E-state index in [4.69, 9.17) is 0 Å². The fourth-order valence-electron chi connectivity index (χ4n) is 12.3. The largest absolute Gasteiger partial charge is 0.340 e. The van der Waals surface area contributed by atoms with E-state index in [0.717, 1.165) is 65.6 Å². The van der Waals surface area contributed by atoms with Crippen LogP contribution in [0.15, 0.2) is 67.1 Å². The molecule has 2 aromatic heterocycles. The Kier molecular flexibility index (Phi) is 31.5. The van der Waals surface area contributed by atoms with Crippen LogP contribution in [0.3, 0.4) is 0 Å². The van der Waals surface area contributed by atoms with Gasteiger partial charge in [-0.3, -0.25) is 9.59 Å². The first-order valence-corrected chi connectivity index (χ1v) is 33.3. The molecular formula is C68H106Br2N2O2. The molecular weight excluding hydrogens is 1040 g/mol. The number of pyridine rings is 2. The number of unbranched alkanes of at least 4 members (excludes halogenated alkanes) is 32. The monoisotopic (exact) mass is 1140 g/mol. The van der Waals surface area contributed by atoms with Gasteiger partial charge in [-0.15, -0.1) is 0 Å². The third-order valence-corrected chi connectivity index (χ3v) is 17.9. The van der Waals surface area contributed by atoms with Crippen LogP contribution >= 0.6 is 31.9 Å². The van der Waals surface area contributed by atoms with Crippen molar-refractivity contribution >= 4 is 75.5 Å². The van der Waals surface area contributed by atoms with Crippen molar-refractivity contribution in [1.82, 2.24) is 9.13 Å². The molecule has 0 saturated carbocycles. The molecule has 5 rings (SSSR count). The van der Waals surface area contributed by atoms with Crippen molar-refractivity contribution in [2.24, 2.45) is 11.8 Å². The standard InChI is InChI=1S/C68H106Br2N2O2/c1-5-9-13-17-21-25-27-31-35-39-43-55(41-37-33-29-23-19-15-11-7-3)53-71-63-47-45-57(69)49-59(63)67(73)61-52-66-62(51-65(61)71)68(74)60-50-58(70)46-48-64(60)72(66)54-56(42-38-34-30-24-20-16-12-8-4)44-40-36-32-28-26-22-18-14-10-6-2/h45-52,55-56H,5-44,53-54H2,1-4H3. The molecule has 0 aliphatic heterocycles. The van der Waals surface area contributed by atoms with E-state index < -0.39 is 0 Å². The molecule has 2 atom stereocenters. The van der Waals surface area contributed by atoms with Crippen LogP contribution < -0.4 is 10.9 Å². The van der Waals surface area contributed by atoms with E-state index >= 15 is 9.59 Å².